The quantitative estimate of drug-likeness (QED) is 0.799. The Kier molecular flexibility index (Phi) is 5.63. The molecule has 6 nitrogen and oxygen atoms in total. The summed E-state index contributed by atoms with van der Waals surface area (Å²) in [6.07, 6.45) is 0. The molecule has 156 valence electrons. The summed E-state index contributed by atoms with van der Waals surface area (Å²) in [5.41, 5.74) is 3.14. The second kappa shape index (κ2) is 7.71. The summed E-state index contributed by atoms with van der Waals surface area (Å²) in [6.45, 7) is 10.2. The second-order valence-corrected chi connectivity index (χ2v) is 9.92. The summed E-state index contributed by atoms with van der Waals surface area (Å²) in [4.78, 5) is 14.4. The minimum absolute atomic E-state index is 0.0120. The van der Waals surface area contributed by atoms with Gasteiger partial charge < -0.3 is 9.64 Å². The standard InChI is InChI=1S/C22H28N2O4S/c1-6-24-19-10-9-18(12-20(19)28-14-22(4,5)21(24)25)23-29(26,27)13-17-11-15(2)7-8-16(17)3/h7-12,23H,6,13-14H2,1-5H3. The van der Waals surface area contributed by atoms with E-state index in [1.165, 1.54) is 0 Å². The Morgan fingerprint density at radius 2 is 1.86 bits per heavy atom. The number of nitrogens with zero attached hydrogens (tertiary/aromatic N) is 1. The Hall–Kier alpha value is -2.54. The molecule has 29 heavy (non-hydrogen) atoms. The Balaban J connectivity index is 1.87. The highest BCUT2D eigenvalue weighted by Crippen LogP contribution is 2.38. The number of aryl methyl sites for hydroxylation is 2. The molecular weight excluding hydrogens is 388 g/mol. The van der Waals surface area contributed by atoms with Crippen LogP contribution in [0, 0.1) is 19.3 Å². The number of sulfonamides is 1. The van der Waals surface area contributed by atoms with Crippen molar-refractivity contribution < 1.29 is 17.9 Å². The monoisotopic (exact) mass is 416 g/mol. The molecule has 0 saturated heterocycles. The van der Waals surface area contributed by atoms with E-state index in [1.807, 2.05) is 52.8 Å². The smallest absolute Gasteiger partial charge is 0.236 e. The first-order valence-electron chi connectivity index (χ1n) is 9.68. The zero-order valence-corrected chi connectivity index (χ0v) is 18.4. The molecule has 0 aliphatic carbocycles. The number of fused-ring (bicyclic) bond motifs is 1. The lowest BCUT2D eigenvalue weighted by Gasteiger charge is -2.26. The van der Waals surface area contributed by atoms with E-state index in [-0.39, 0.29) is 18.3 Å². The number of hydrogen-bond acceptors (Lipinski definition) is 4. The molecule has 1 aliphatic heterocycles. The third-order valence-electron chi connectivity index (χ3n) is 5.10. The van der Waals surface area contributed by atoms with Gasteiger partial charge in [-0.05, 0) is 57.9 Å². The number of benzene rings is 2. The van der Waals surface area contributed by atoms with E-state index in [0.717, 1.165) is 16.7 Å². The molecule has 7 heteroatoms. The van der Waals surface area contributed by atoms with Crippen molar-refractivity contribution in [1.82, 2.24) is 0 Å². The lowest BCUT2D eigenvalue weighted by Crippen LogP contribution is -2.42. The molecule has 0 aromatic heterocycles. The Morgan fingerprint density at radius 1 is 1.14 bits per heavy atom. The van der Waals surface area contributed by atoms with Crippen molar-refractivity contribution >= 4 is 27.3 Å². The maximum Gasteiger partial charge on any atom is 0.236 e. The fourth-order valence-electron chi connectivity index (χ4n) is 3.40. The lowest BCUT2D eigenvalue weighted by molar-refractivity contribution is -0.127. The van der Waals surface area contributed by atoms with Gasteiger partial charge in [0.25, 0.3) is 0 Å². The number of ether oxygens (including phenoxy) is 1. The SMILES string of the molecule is CCN1C(=O)C(C)(C)COc2cc(NS(=O)(=O)Cc3cc(C)ccc3C)ccc21. The van der Waals surface area contributed by atoms with Crippen LogP contribution in [0.3, 0.4) is 0 Å². The molecule has 2 aromatic rings. The number of rotatable bonds is 5. The zero-order chi connectivity index (χ0) is 21.4. The molecule has 0 unspecified atom stereocenters. The molecule has 2 aromatic carbocycles. The molecule has 1 amide bonds. The minimum atomic E-state index is -3.60. The van der Waals surface area contributed by atoms with Gasteiger partial charge in [0.15, 0.2) is 0 Å². The van der Waals surface area contributed by atoms with Crippen molar-refractivity contribution in [2.45, 2.75) is 40.4 Å². The van der Waals surface area contributed by atoms with Gasteiger partial charge in [-0.25, -0.2) is 8.42 Å². The molecule has 1 heterocycles. The average molecular weight is 417 g/mol. The van der Waals surface area contributed by atoms with Crippen LogP contribution in [0.4, 0.5) is 11.4 Å². The van der Waals surface area contributed by atoms with Gasteiger partial charge in [-0.3, -0.25) is 9.52 Å². The van der Waals surface area contributed by atoms with Crippen LogP contribution < -0.4 is 14.4 Å². The molecule has 3 rings (SSSR count). The van der Waals surface area contributed by atoms with Crippen molar-refractivity contribution in [3.63, 3.8) is 0 Å². The van der Waals surface area contributed by atoms with Crippen LogP contribution in [0.1, 0.15) is 37.5 Å². The third kappa shape index (κ3) is 4.56. The summed E-state index contributed by atoms with van der Waals surface area (Å²) < 4.78 is 34.0. The van der Waals surface area contributed by atoms with Crippen molar-refractivity contribution in [2.24, 2.45) is 5.41 Å². The molecule has 0 spiro atoms. The van der Waals surface area contributed by atoms with Crippen LogP contribution >= 0.6 is 0 Å². The number of anilines is 2. The van der Waals surface area contributed by atoms with E-state index in [2.05, 4.69) is 4.72 Å². The number of carbonyl (C=O) groups excluding carboxylic acids is 1. The van der Waals surface area contributed by atoms with Crippen LogP contribution in [-0.4, -0.2) is 27.5 Å². The van der Waals surface area contributed by atoms with Crippen molar-refractivity contribution in [3.8, 4) is 5.75 Å². The Labute approximate surface area is 172 Å². The average Bonchev–Trinajstić information content (AvgIpc) is 2.72. The van der Waals surface area contributed by atoms with E-state index >= 15 is 0 Å². The predicted molar refractivity (Wildman–Crippen MR) is 116 cm³/mol. The summed E-state index contributed by atoms with van der Waals surface area (Å²) >= 11 is 0. The van der Waals surface area contributed by atoms with Gasteiger partial charge in [0.2, 0.25) is 15.9 Å². The van der Waals surface area contributed by atoms with Gasteiger partial charge in [-0.15, -0.1) is 0 Å². The largest absolute Gasteiger partial charge is 0.490 e. The van der Waals surface area contributed by atoms with Crippen molar-refractivity contribution in [3.05, 3.63) is 53.1 Å². The Morgan fingerprint density at radius 3 is 2.55 bits per heavy atom. The summed E-state index contributed by atoms with van der Waals surface area (Å²) in [7, 11) is -3.60. The van der Waals surface area contributed by atoms with E-state index < -0.39 is 15.4 Å². The molecule has 1 N–H and O–H groups in total. The summed E-state index contributed by atoms with van der Waals surface area (Å²) in [5, 5.41) is 0. The van der Waals surface area contributed by atoms with E-state index in [1.54, 1.807) is 23.1 Å². The first-order chi connectivity index (χ1) is 13.5. The van der Waals surface area contributed by atoms with E-state index in [0.29, 0.717) is 23.7 Å². The fourth-order valence-corrected chi connectivity index (χ4v) is 4.68. The van der Waals surface area contributed by atoms with Crippen LogP contribution in [0.5, 0.6) is 5.75 Å². The van der Waals surface area contributed by atoms with Gasteiger partial charge in [-0.1, -0.05) is 23.8 Å². The molecule has 0 bridgehead atoms. The first kappa shape index (κ1) is 21.2. The maximum absolute atomic E-state index is 12.8. The number of carbonyl (C=O) groups is 1. The van der Waals surface area contributed by atoms with Gasteiger partial charge in [0.05, 0.1) is 22.5 Å². The van der Waals surface area contributed by atoms with Gasteiger partial charge >= 0.3 is 0 Å². The van der Waals surface area contributed by atoms with E-state index in [4.69, 9.17) is 4.74 Å². The molecule has 0 fully saturated rings. The summed E-state index contributed by atoms with van der Waals surface area (Å²) in [6, 6.07) is 10.8. The molecule has 0 atom stereocenters. The Bertz CT molecular complexity index is 1040. The number of hydrogen-bond donors (Lipinski definition) is 1. The number of nitrogens with one attached hydrogen (secondary N) is 1. The molecule has 1 aliphatic rings. The maximum atomic E-state index is 12.8. The van der Waals surface area contributed by atoms with E-state index in [9.17, 15) is 13.2 Å². The lowest BCUT2D eigenvalue weighted by atomic mass is 9.93. The van der Waals surface area contributed by atoms with Gasteiger partial charge in [-0.2, -0.15) is 0 Å². The highest BCUT2D eigenvalue weighted by atomic mass is 32.2. The fraction of sp³-hybridized carbons (Fsp3) is 0.409. The molecular formula is C22H28N2O4S. The highest BCUT2D eigenvalue weighted by Gasteiger charge is 2.37. The zero-order valence-electron chi connectivity index (χ0n) is 17.6. The number of amides is 1. The van der Waals surface area contributed by atoms with Gasteiger partial charge in [0.1, 0.15) is 12.4 Å². The van der Waals surface area contributed by atoms with Gasteiger partial charge in [0, 0.05) is 12.6 Å². The molecule has 0 radical (unpaired) electrons. The first-order valence-corrected chi connectivity index (χ1v) is 11.3. The van der Waals surface area contributed by atoms with Crippen LogP contribution in [0.2, 0.25) is 0 Å². The topological polar surface area (TPSA) is 75.7 Å². The second-order valence-electron chi connectivity index (χ2n) is 8.20. The minimum Gasteiger partial charge on any atom is -0.490 e. The third-order valence-corrected chi connectivity index (χ3v) is 6.34. The van der Waals surface area contributed by atoms with Crippen LogP contribution in [0.15, 0.2) is 36.4 Å². The van der Waals surface area contributed by atoms with Crippen LogP contribution in [0.25, 0.3) is 0 Å². The highest BCUT2D eigenvalue weighted by molar-refractivity contribution is 7.91. The normalized spacial score (nSPS) is 16.0. The molecule has 0 saturated carbocycles. The summed E-state index contributed by atoms with van der Waals surface area (Å²) in [5.74, 6) is 0.380. The van der Waals surface area contributed by atoms with Crippen LogP contribution in [-0.2, 0) is 20.6 Å². The van der Waals surface area contributed by atoms with Crippen molar-refractivity contribution in [1.29, 1.82) is 0 Å². The predicted octanol–water partition coefficient (Wildman–Crippen LogP) is 4.02. The van der Waals surface area contributed by atoms with Crippen molar-refractivity contribution in [2.75, 3.05) is 22.8 Å².